The first kappa shape index (κ1) is 61.6. The molecule has 4 aromatic heterocycles. The number of aromatic nitrogens is 2. The summed E-state index contributed by atoms with van der Waals surface area (Å²) < 4.78 is 0. The lowest BCUT2D eigenvalue weighted by atomic mass is 9.93. The Kier molecular flexibility index (Phi) is 25.9. The maximum atomic E-state index is 16.0. The Balaban J connectivity index is 1.16. The van der Waals surface area contributed by atoms with E-state index >= 15 is 9.59 Å². The summed E-state index contributed by atoms with van der Waals surface area (Å²) in [5.74, 6) is 0.581. The van der Waals surface area contributed by atoms with Crippen LogP contribution in [0.4, 0.5) is 0 Å². The third kappa shape index (κ3) is 17.8. The molecule has 0 saturated carbocycles. The molecule has 2 unspecified atom stereocenters. The number of aryl methyl sites for hydroxylation is 4. The summed E-state index contributed by atoms with van der Waals surface area (Å²) in [4.78, 5) is 51.1. The maximum Gasteiger partial charge on any atom is 0.261 e. The van der Waals surface area contributed by atoms with Gasteiger partial charge >= 0.3 is 0 Å². The molecule has 6 heterocycles. The number of rotatable bonds is 40. The van der Waals surface area contributed by atoms with Gasteiger partial charge in [0.15, 0.2) is 0 Å². The molecule has 0 bridgehead atoms. The van der Waals surface area contributed by atoms with Crippen LogP contribution in [0.15, 0.2) is 107 Å². The number of carbonyl (C=O) groups excluding carboxylic acids is 2. The van der Waals surface area contributed by atoms with E-state index in [-0.39, 0.29) is 11.8 Å². The van der Waals surface area contributed by atoms with Crippen LogP contribution in [0.2, 0.25) is 0 Å². The minimum atomic E-state index is -0.0417. The highest BCUT2D eigenvalue weighted by atomic mass is 32.1. The van der Waals surface area contributed by atoms with Crippen LogP contribution in [0.25, 0.3) is 30.9 Å². The number of hydrogen-bond donors (Lipinski definition) is 0. The molecule has 6 nitrogen and oxygen atoms in total. The Labute approximate surface area is 498 Å². The summed E-state index contributed by atoms with van der Waals surface area (Å²) in [6.45, 7) is 10.3. The summed E-state index contributed by atoms with van der Waals surface area (Å²) >= 11 is 6.86. The lowest BCUT2D eigenvalue weighted by Gasteiger charge is -2.29. The number of benzene rings is 2. The van der Waals surface area contributed by atoms with E-state index in [4.69, 9.17) is 9.97 Å². The largest absolute Gasteiger partial charge is 0.304 e. The predicted molar refractivity (Wildman–Crippen MR) is 346 cm³/mol. The van der Waals surface area contributed by atoms with Crippen LogP contribution in [0, 0.1) is 11.8 Å². The van der Waals surface area contributed by atoms with Crippen molar-refractivity contribution < 1.29 is 9.59 Å². The normalized spacial score (nSPS) is 14.4. The maximum absolute atomic E-state index is 16.0. The van der Waals surface area contributed by atoms with Crippen molar-refractivity contribution in [2.75, 3.05) is 13.1 Å². The molecule has 80 heavy (non-hydrogen) atoms. The van der Waals surface area contributed by atoms with Gasteiger partial charge in [0, 0.05) is 35.2 Å². The Morgan fingerprint density at radius 3 is 1.11 bits per heavy atom. The number of carbonyl (C=O) groups is 2. The standard InChI is InChI=1S/C70H94N4O2S4/c1-5-9-13-17-19-25-39-55(37-23-15-11-7-3)49-73-65(67-71-47-61(79-67)59-45-57(51-77-59)43-31-41-53-33-27-21-28-34-53)63-64(69(73)75)66(74(70(63)76)50-56(38-24-16-12-8-4)40-26-20-18-14-10-6-2)68-72-48-62(80-68)60-46-58(52-78-60)44-32-42-54-35-29-22-30-36-54/h21-22,27-30,33-36,45-48,51-52,55-56H,5-20,23-26,31-32,37-44,49-50H2,1-4H3. The Morgan fingerprint density at radius 1 is 0.400 bits per heavy atom. The second-order valence-electron chi connectivity index (χ2n) is 23.2. The first-order valence-corrected chi connectivity index (χ1v) is 35.1. The summed E-state index contributed by atoms with van der Waals surface area (Å²) in [5, 5.41) is 6.16. The van der Waals surface area contributed by atoms with Gasteiger partial charge in [-0.3, -0.25) is 9.59 Å². The van der Waals surface area contributed by atoms with Crippen molar-refractivity contribution in [3.63, 3.8) is 0 Å². The van der Waals surface area contributed by atoms with Crippen LogP contribution in [0.5, 0.6) is 0 Å². The minimum absolute atomic E-state index is 0.0417. The van der Waals surface area contributed by atoms with Crippen molar-refractivity contribution in [1.82, 2.24) is 19.8 Å². The molecule has 0 N–H and O–H groups in total. The molecular formula is C70H94N4O2S4. The summed E-state index contributed by atoms with van der Waals surface area (Å²) in [5.41, 5.74) is 8.04. The Bertz CT molecular complexity index is 2640. The fourth-order valence-electron chi connectivity index (χ4n) is 12.1. The molecule has 0 saturated heterocycles. The van der Waals surface area contributed by atoms with Gasteiger partial charge in [-0.15, -0.1) is 45.3 Å². The van der Waals surface area contributed by atoms with Crippen molar-refractivity contribution in [1.29, 1.82) is 0 Å². The van der Waals surface area contributed by atoms with Crippen molar-refractivity contribution in [2.24, 2.45) is 11.8 Å². The van der Waals surface area contributed by atoms with Gasteiger partial charge in [-0.2, -0.15) is 0 Å². The van der Waals surface area contributed by atoms with Gasteiger partial charge in [0.05, 0.1) is 32.3 Å². The van der Waals surface area contributed by atoms with Gasteiger partial charge in [0.1, 0.15) is 10.0 Å². The molecule has 6 aromatic rings. The van der Waals surface area contributed by atoms with Crippen molar-refractivity contribution in [2.45, 2.75) is 220 Å². The molecule has 2 amide bonds. The van der Waals surface area contributed by atoms with E-state index in [0.29, 0.717) is 36.1 Å². The highest BCUT2D eigenvalue weighted by Gasteiger charge is 2.51. The van der Waals surface area contributed by atoms with E-state index in [0.717, 1.165) is 108 Å². The SMILES string of the molecule is CCCCCCCCC(CCCCCC)CN1C(=O)C2=C(c3ncc(-c4cc(CCCc5ccccc5)cs4)s3)N(CC(CCCCCC)CCCCCCCC)C(=O)C2=C1c1ncc(-c2cc(CCCc3ccccc3)cs2)s1. The van der Waals surface area contributed by atoms with Gasteiger partial charge in [0.2, 0.25) is 0 Å². The third-order valence-corrected chi connectivity index (χ3v) is 21.0. The first-order chi connectivity index (χ1) is 39.4. The zero-order valence-corrected chi connectivity index (χ0v) is 52.5. The number of thiophene rings is 2. The van der Waals surface area contributed by atoms with Crippen molar-refractivity contribution in [3.05, 3.63) is 139 Å². The fraction of sp³-hybridized carbons (Fsp3) is 0.543. The Morgan fingerprint density at radius 2 is 0.738 bits per heavy atom. The number of thiazole rings is 2. The van der Waals surface area contributed by atoms with Gasteiger partial charge in [-0.1, -0.05) is 217 Å². The molecule has 430 valence electrons. The molecule has 2 aliphatic heterocycles. The van der Waals surface area contributed by atoms with Gasteiger partial charge in [-0.05, 0) is 121 Å². The van der Waals surface area contributed by atoms with Crippen LogP contribution >= 0.6 is 45.3 Å². The van der Waals surface area contributed by atoms with Crippen LogP contribution in [-0.4, -0.2) is 44.7 Å². The van der Waals surface area contributed by atoms with E-state index in [9.17, 15) is 0 Å². The van der Waals surface area contributed by atoms with E-state index in [1.807, 2.05) is 22.2 Å². The second-order valence-corrected chi connectivity index (χ2v) is 27.1. The highest BCUT2D eigenvalue weighted by molar-refractivity contribution is 7.22. The molecule has 0 spiro atoms. The molecule has 2 aromatic carbocycles. The number of fused-ring (bicyclic) bond motifs is 1. The number of amides is 2. The van der Waals surface area contributed by atoms with E-state index in [1.54, 1.807) is 45.3 Å². The van der Waals surface area contributed by atoms with Crippen LogP contribution < -0.4 is 0 Å². The van der Waals surface area contributed by atoms with E-state index in [2.05, 4.69) is 111 Å². The molecule has 0 radical (unpaired) electrons. The van der Waals surface area contributed by atoms with Gasteiger partial charge in [0.25, 0.3) is 11.8 Å². The molecule has 2 atom stereocenters. The van der Waals surface area contributed by atoms with Crippen LogP contribution in [0.1, 0.15) is 227 Å². The van der Waals surface area contributed by atoms with Crippen LogP contribution in [-0.2, 0) is 35.3 Å². The lowest BCUT2D eigenvalue weighted by Crippen LogP contribution is -2.35. The van der Waals surface area contributed by atoms with E-state index in [1.165, 1.54) is 148 Å². The third-order valence-electron chi connectivity index (χ3n) is 16.7. The summed E-state index contributed by atoms with van der Waals surface area (Å²) in [6, 6.07) is 26.3. The zero-order chi connectivity index (χ0) is 55.7. The number of nitrogens with zero attached hydrogens (tertiary/aromatic N) is 4. The number of hydrogen-bond acceptors (Lipinski definition) is 8. The van der Waals surface area contributed by atoms with E-state index < -0.39 is 0 Å². The van der Waals surface area contributed by atoms with Crippen LogP contribution in [0.3, 0.4) is 0 Å². The monoisotopic (exact) mass is 1150 g/mol. The van der Waals surface area contributed by atoms with Crippen molar-refractivity contribution >= 4 is 68.6 Å². The summed E-state index contributed by atoms with van der Waals surface area (Å²) in [7, 11) is 0. The Hall–Kier alpha value is -4.48. The van der Waals surface area contributed by atoms with Crippen molar-refractivity contribution in [3.8, 4) is 19.5 Å². The second kappa shape index (κ2) is 33.6. The lowest BCUT2D eigenvalue weighted by molar-refractivity contribution is -0.124. The number of unbranched alkanes of at least 4 members (excludes halogenated alkanes) is 16. The average molecular weight is 1150 g/mol. The van der Waals surface area contributed by atoms with Gasteiger partial charge < -0.3 is 9.80 Å². The topological polar surface area (TPSA) is 66.4 Å². The molecular weight excluding hydrogens is 1060 g/mol. The molecule has 0 fully saturated rings. The highest BCUT2D eigenvalue weighted by Crippen LogP contribution is 2.50. The quantitative estimate of drug-likeness (QED) is 0.0360. The molecule has 0 aliphatic carbocycles. The molecule has 10 heteroatoms. The molecule has 2 aliphatic rings. The summed E-state index contributed by atoms with van der Waals surface area (Å²) in [6.07, 6.45) is 39.3. The first-order valence-electron chi connectivity index (χ1n) is 31.7. The fourth-order valence-corrected chi connectivity index (χ4v) is 16.1. The van der Waals surface area contributed by atoms with Gasteiger partial charge in [-0.25, -0.2) is 9.97 Å². The predicted octanol–water partition coefficient (Wildman–Crippen LogP) is 20.9. The zero-order valence-electron chi connectivity index (χ0n) is 49.3. The average Bonchev–Trinajstić information content (AvgIpc) is 4.55. The smallest absolute Gasteiger partial charge is 0.261 e. The minimum Gasteiger partial charge on any atom is -0.304 e. The molecule has 8 rings (SSSR count).